The lowest BCUT2D eigenvalue weighted by Gasteiger charge is -1.99. The Morgan fingerprint density at radius 2 is 2.11 bits per heavy atom. The largest absolute Gasteiger partial charge is 0.502 e. The SMILES string of the molecule is O=C1NC(=S)N/C1=C/c1ccc(O)c([N+](=O)[O-])c1. The highest BCUT2D eigenvalue weighted by Gasteiger charge is 2.20. The van der Waals surface area contributed by atoms with Gasteiger partial charge >= 0.3 is 5.69 Å². The van der Waals surface area contributed by atoms with Gasteiger partial charge in [0.25, 0.3) is 5.91 Å². The summed E-state index contributed by atoms with van der Waals surface area (Å²) < 4.78 is 0. The lowest BCUT2D eigenvalue weighted by Crippen LogP contribution is -2.21. The highest BCUT2D eigenvalue weighted by Crippen LogP contribution is 2.27. The van der Waals surface area contributed by atoms with Crippen molar-refractivity contribution in [1.82, 2.24) is 10.6 Å². The molecule has 2 rings (SSSR count). The number of carbonyl (C=O) groups is 1. The van der Waals surface area contributed by atoms with Crippen LogP contribution in [0.3, 0.4) is 0 Å². The van der Waals surface area contributed by atoms with Crippen LogP contribution >= 0.6 is 12.2 Å². The van der Waals surface area contributed by atoms with Gasteiger partial charge in [0.2, 0.25) is 0 Å². The second kappa shape index (κ2) is 4.41. The molecule has 8 heteroatoms. The molecule has 1 saturated heterocycles. The lowest BCUT2D eigenvalue weighted by molar-refractivity contribution is -0.385. The molecule has 0 saturated carbocycles. The standard InChI is InChI=1S/C10H7N3O4S/c14-8-2-1-5(4-7(8)13(16)17)3-6-9(15)12-10(18)11-6/h1-4,14H,(H2,11,12,15,18)/b6-3+. The fourth-order valence-corrected chi connectivity index (χ4v) is 1.63. The molecule has 7 nitrogen and oxygen atoms in total. The summed E-state index contributed by atoms with van der Waals surface area (Å²) in [6.45, 7) is 0. The number of nitro groups is 1. The van der Waals surface area contributed by atoms with Crippen LogP contribution in [0, 0.1) is 10.1 Å². The molecule has 0 atom stereocenters. The first-order valence-corrected chi connectivity index (χ1v) is 5.19. The summed E-state index contributed by atoms with van der Waals surface area (Å²) >= 11 is 4.75. The van der Waals surface area contributed by atoms with E-state index in [1.807, 2.05) is 0 Å². The molecule has 1 heterocycles. The van der Waals surface area contributed by atoms with Crippen molar-refractivity contribution >= 4 is 35.0 Å². The zero-order valence-electron chi connectivity index (χ0n) is 8.84. The van der Waals surface area contributed by atoms with E-state index in [0.29, 0.717) is 5.56 Å². The maximum atomic E-state index is 11.4. The summed E-state index contributed by atoms with van der Waals surface area (Å²) in [5, 5.41) is 25.1. The number of aromatic hydroxyl groups is 1. The maximum absolute atomic E-state index is 11.4. The molecule has 0 aliphatic carbocycles. The lowest BCUT2D eigenvalue weighted by atomic mass is 10.1. The number of amides is 1. The van der Waals surface area contributed by atoms with Crippen molar-refractivity contribution in [3.63, 3.8) is 0 Å². The molecule has 1 aromatic rings. The van der Waals surface area contributed by atoms with Crippen molar-refractivity contribution < 1.29 is 14.8 Å². The molecule has 0 radical (unpaired) electrons. The minimum absolute atomic E-state index is 0.180. The zero-order chi connectivity index (χ0) is 13.3. The van der Waals surface area contributed by atoms with Gasteiger partial charge in [0.05, 0.1) is 4.92 Å². The topological polar surface area (TPSA) is 104 Å². The molecule has 0 unspecified atom stereocenters. The Morgan fingerprint density at radius 3 is 2.67 bits per heavy atom. The van der Waals surface area contributed by atoms with Crippen LogP contribution in [0.25, 0.3) is 6.08 Å². The summed E-state index contributed by atoms with van der Waals surface area (Å²) in [5.74, 6) is -0.836. The minimum Gasteiger partial charge on any atom is -0.502 e. The Balaban J connectivity index is 2.38. The third-order valence-electron chi connectivity index (χ3n) is 2.23. The molecule has 1 aliphatic rings. The van der Waals surface area contributed by atoms with Crippen LogP contribution in [0.2, 0.25) is 0 Å². The molecule has 3 N–H and O–H groups in total. The fraction of sp³-hybridized carbons (Fsp3) is 0. The van der Waals surface area contributed by atoms with Gasteiger partial charge in [-0.3, -0.25) is 20.2 Å². The Labute approximate surface area is 106 Å². The zero-order valence-corrected chi connectivity index (χ0v) is 9.65. The molecule has 1 aromatic carbocycles. The molecule has 18 heavy (non-hydrogen) atoms. The van der Waals surface area contributed by atoms with Crippen LogP contribution in [-0.4, -0.2) is 21.0 Å². The van der Waals surface area contributed by atoms with E-state index >= 15 is 0 Å². The number of rotatable bonds is 2. The molecule has 1 fully saturated rings. The van der Waals surface area contributed by atoms with Gasteiger partial charge in [0.15, 0.2) is 10.9 Å². The average Bonchev–Trinajstić information content (AvgIpc) is 2.60. The number of benzene rings is 1. The molecule has 0 bridgehead atoms. The normalized spacial score (nSPS) is 16.6. The first kappa shape index (κ1) is 12.0. The summed E-state index contributed by atoms with van der Waals surface area (Å²) in [5.41, 5.74) is 0.173. The highest BCUT2D eigenvalue weighted by molar-refractivity contribution is 7.80. The second-order valence-electron chi connectivity index (χ2n) is 3.47. The number of nitro benzene ring substituents is 1. The van der Waals surface area contributed by atoms with Crippen LogP contribution in [0.5, 0.6) is 5.75 Å². The van der Waals surface area contributed by atoms with Crippen molar-refractivity contribution in [3.05, 3.63) is 39.6 Å². The number of phenolic OH excluding ortho intramolecular Hbond substituents is 1. The minimum atomic E-state index is -0.704. The third kappa shape index (κ3) is 2.28. The number of nitrogens with one attached hydrogen (secondary N) is 2. The van der Waals surface area contributed by atoms with E-state index in [1.54, 1.807) is 0 Å². The summed E-state index contributed by atoms with van der Waals surface area (Å²) in [6.07, 6.45) is 1.40. The Bertz CT molecular complexity index is 597. The molecular formula is C10H7N3O4S. The Kier molecular flexibility index (Phi) is 2.94. The van der Waals surface area contributed by atoms with E-state index in [9.17, 15) is 20.0 Å². The van der Waals surface area contributed by atoms with Crippen molar-refractivity contribution in [3.8, 4) is 5.75 Å². The first-order valence-electron chi connectivity index (χ1n) is 4.79. The number of nitrogens with zero attached hydrogens (tertiary/aromatic N) is 1. The Hall–Kier alpha value is -2.48. The number of phenols is 1. The van der Waals surface area contributed by atoms with Crippen LogP contribution < -0.4 is 10.6 Å². The molecule has 0 aromatic heterocycles. The summed E-state index contributed by atoms with van der Waals surface area (Å²) in [6, 6.07) is 3.81. The summed E-state index contributed by atoms with van der Waals surface area (Å²) in [7, 11) is 0. The number of carbonyl (C=O) groups excluding carboxylic acids is 1. The van der Waals surface area contributed by atoms with Crippen molar-refractivity contribution in [2.45, 2.75) is 0 Å². The predicted molar refractivity (Wildman–Crippen MR) is 66.6 cm³/mol. The van der Waals surface area contributed by atoms with Gasteiger partial charge in [-0.1, -0.05) is 6.07 Å². The molecule has 0 spiro atoms. The fourth-order valence-electron chi connectivity index (χ4n) is 1.43. The number of hydrogen-bond acceptors (Lipinski definition) is 5. The van der Waals surface area contributed by atoms with Gasteiger partial charge in [-0.25, -0.2) is 0 Å². The molecule has 1 amide bonds. The molecule has 92 valence electrons. The average molecular weight is 265 g/mol. The van der Waals surface area contributed by atoms with Crippen molar-refractivity contribution in [2.75, 3.05) is 0 Å². The van der Waals surface area contributed by atoms with Crippen LogP contribution in [0.15, 0.2) is 23.9 Å². The van der Waals surface area contributed by atoms with Crippen LogP contribution in [0.1, 0.15) is 5.56 Å². The second-order valence-corrected chi connectivity index (χ2v) is 3.88. The number of thiocarbonyl (C=S) groups is 1. The van der Waals surface area contributed by atoms with Gasteiger partial charge in [-0.15, -0.1) is 0 Å². The Morgan fingerprint density at radius 1 is 1.39 bits per heavy atom. The highest BCUT2D eigenvalue weighted by atomic mass is 32.1. The summed E-state index contributed by atoms with van der Waals surface area (Å²) in [4.78, 5) is 21.3. The predicted octanol–water partition coefficient (Wildman–Crippen LogP) is 0.646. The monoisotopic (exact) mass is 265 g/mol. The van der Waals surface area contributed by atoms with E-state index in [-0.39, 0.29) is 10.8 Å². The van der Waals surface area contributed by atoms with Crippen LogP contribution in [0.4, 0.5) is 5.69 Å². The van der Waals surface area contributed by atoms with Crippen LogP contribution in [-0.2, 0) is 4.79 Å². The smallest absolute Gasteiger partial charge is 0.311 e. The first-order chi connectivity index (χ1) is 8.47. The number of hydrogen-bond donors (Lipinski definition) is 3. The van der Waals surface area contributed by atoms with Gasteiger partial charge < -0.3 is 10.4 Å². The van der Waals surface area contributed by atoms with Crippen molar-refractivity contribution in [2.24, 2.45) is 0 Å². The molecular weight excluding hydrogens is 258 g/mol. The van der Waals surface area contributed by atoms with E-state index in [1.165, 1.54) is 24.3 Å². The molecule has 1 aliphatic heterocycles. The van der Waals surface area contributed by atoms with E-state index in [4.69, 9.17) is 12.2 Å². The van der Waals surface area contributed by atoms with E-state index in [2.05, 4.69) is 10.6 Å². The van der Waals surface area contributed by atoms with Gasteiger partial charge in [0.1, 0.15) is 5.70 Å². The van der Waals surface area contributed by atoms with E-state index < -0.39 is 22.3 Å². The van der Waals surface area contributed by atoms with Crippen molar-refractivity contribution in [1.29, 1.82) is 0 Å². The van der Waals surface area contributed by atoms with Gasteiger partial charge in [0, 0.05) is 6.07 Å². The van der Waals surface area contributed by atoms with Gasteiger partial charge in [-0.05, 0) is 29.9 Å². The quantitative estimate of drug-likeness (QED) is 0.314. The van der Waals surface area contributed by atoms with E-state index in [0.717, 1.165) is 0 Å². The van der Waals surface area contributed by atoms with Gasteiger partial charge in [-0.2, -0.15) is 0 Å². The third-order valence-corrected chi connectivity index (χ3v) is 2.43. The maximum Gasteiger partial charge on any atom is 0.311 e.